The number of hydrogen-bond acceptors (Lipinski definition) is 8. The van der Waals surface area contributed by atoms with Crippen LogP contribution in [0.15, 0.2) is 97.1 Å². The summed E-state index contributed by atoms with van der Waals surface area (Å²) in [6.45, 7) is 10.2. The summed E-state index contributed by atoms with van der Waals surface area (Å²) in [7, 11) is 0. The zero-order chi connectivity index (χ0) is 34.4. The minimum atomic E-state index is 0.102. The SMILES string of the molecule is CCC(OCC1CO1)c1ccc(-c2ccc(OCCOCCOCCOc3ccc(-c4ccc(C(CC)OCC5CO5)cc4)cc3)cc2)cc1. The van der Waals surface area contributed by atoms with Gasteiger partial charge in [-0.25, -0.2) is 0 Å². The van der Waals surface area contributed by atoms with Gasteiger partial charge in [0.25, 0.3) is 0 Å². The molecule has 0 aliphatic carbocycles. The van der Waals surface area contributed by atoms with Gasteiger partial charge < -0.3 is 37.9 Å². The molecule has 2 aliphatic rings. The topological polar surface area (TPSA) is 80.4 Å². The lowest BCUT2D eigenvalue weighted by Crippen LogP contribution is -2.13. The third-order valence-electron chi connectivity index (χ3n) is 8.82. The highest BCUT2D eigenvalue weighted by atomic mass is 16.6. The summed E-state index contributed by atoms with van der Waals surface area (Å²) in [5.74, 6) is 1.64. The highest BCUT2D eigenvalue weighted by Gasteiger charge is 2.25. The minimum absolute atomic E-state index is 0.102. The average Bonchev–Trinajstić information content (AvgIpc) is 4.11. The van der Waals surface area contributed by atoms with Crippen LogP contribution in [0.5, 0.6) is 11.5 Å². The zero-order valence-electron chi connectivity index (χ0n) is 29.3. The van der Waals surface area contributed by atoms with Crippen molar-refractivity contribution in [2.24, 2.45) is 0 Å². The molecule has 4 aromatic rings. The molecule has 8 heteroatoms. The normalized spacial score (nSPS) is 17.6. The van der Waals surface area contributed by atoms with Gasteiger partial charge in [-0.1, -0.05) is 86.6 Å². The third-order valence-corrected chi connectivity index (χ3v) is 8.82. The summed E-state index contributed by atoms with van der Waals surface area (Å²) in [5.41, 5.74) is 7.01. The first-order valence-corrected chi connectivity index (χ1v) is 18.0. The summed E-state index contributed by atoms with van der Waals surface area (Å²) in [4.78, 5) is 0. The van der Waals surface area contributed by atoms with Crippen LogP contribution in [-0.2, 0) is 28.4 Å². The predicted octanol–water partition coefficient (Wildman–Crippen LogP) is 8.24. The van der Waals surface area contributed by atoms with Gasteiger partial charge in [-0.05, 0) is 70.5 Å². The van der Waals surface area contributed by atoms with Crippen LogP contribution in [0.2, 0.25) is 0 Å². The van der Waals surface area contributed by atoms with Crippen molar-refractivity contribution >= 4 is 0 Å². The van der Waals surface area contributed by atoms with E-state index in [4.69, 9.17) is 37.9 Å². The van der Waals surface area contributed by atoms with Gasteiger partial charge in [0.05, 0.1) is 65.1 Å². The maximum Gasteiger partial charge on any atom is 0.119 e. The molecular formula is C42H50O8. The molecule has 2 saturated heterocycles. The fraction of sp³-hybridized carbons (Fsp3) is 0.429. The van der Waals surface area contributed by atoms with E-state index in [2.05, 4.69) is 86.6 Å². The molecule has 0 spiro atoms. The predicted molar refractivity (Wildman–Crippen MR) is 194 cm³/mol. The Hall–Kier alpha value is -3.76. The molecule has 4 unspecified atom stereocenters. The van der Waals surface area contributed by atoms with E-state index in [0.29, 0.717) is 52.9 Å². The average molecular weight is 683 g/mol. The van der Waals surface area contributed by atoms with Gasteiger partial charge in [-0.3, -0.25) is 0 Å². The summed E-state index contributed by atoms with van der Waals surface area (Å²) in [6.07, 6.45) is 2.63. The van der Waals surface area contributed by atoms with Gasteiger partial charge in [-0.15, -0.1) is 0 Å². The Morgan fingerprint density at radius 3 is 1.12 bits per heavy atom. The van der Waals surface area contributed by atoms with Gasteiger partial charge in [-0.2, -0.15) is 0 Å². The molecular weight excluding hydrogens is 632 g/mol. The lowest BCUT2D eigenvalue weighted by molar-refractivity contribution is 0.0273. The Morgan fingerprint density at radius 1 is 0.480 bits per heavy atom. The smallest absolute Gasteiger partial charge is 0.119 e. The maximum atomic E-state index is 6.02. The standard InChI is InChI=1S/C42H50O8/c1-3-41(49-29-39-27-47-39)35-9-5-31(6-10-35)33-13-17-37(18-14-33)45-25-23-43-21-22-44-24-26-46-38-19-15-34(16-20-38)32-7-11-36(12-8-32)42(4-2)50-30-40-28-48-40/h5-20,39-42H,3-4,21-30H2,1-2H3. The first kappa shape index (κ1) is 36.0. The van der Waals surface area contributed by atoms with E-state index >= 15 is 0 Å². The Morgan fingerprint density at radius 2 is 0.800 bits per heavy atom. The lowest BCUT2D eigenvalue weighted by atomic mass is 10.0. The van der Waals surface area contributed by atoms with Crippen molar-refractivity contribution in [3.63, 3.8) is 0 Å². The molecule has 6 rings (SSSR count). The summed E-state index contributed by atoms with van der Waals surface area (Å²) in [5, 5.41) is 0. The molecule has 0 saturated carbocycles. The Kier molecular flexibility index (Phi) is 13.7. The molecule has 2 aliphatic heterocycles. The molecule has 0 amide bonds. The van der Waals surface area contributed by atoms with Crippen LogP contribution < -0.4 is 9.47 Å². The van der Waals surface area contributed by atoms with Crippen molar-refractivity contribution in [3.05, 3.63) is 108 Å². The minimum Gasteiger partial charge on any atom is -0.491 e. The van der Waals surface area contributed by atoms with Crippen molar-refractivity contribution < 1.29 is 37.9 Å². The second-order valence-electron chi connectivity index (χ2n) is 12.6. The van der Waals surface area contributed by atoms with Crippen LogP contribution in [0.25, 0.3) is 22.3 Å². The first-order valence-electron chi connectivity index (χ1n) is 18.0. The van der Waals surface area contributed by atoms with Crippen LogP contribution >= 0.6 is 0 Å². The number of hydrogen-bond donors (Lipinski definition) is 0. The molecule has 0 radical (unpaired) electrons. The molecule has 50 heavy (non-hydrogen) atoms. The number of rotatable bonds is 23. The van der Waals surface area contributed by atoms with E-state index in [9.17, 15) is 0 Å². The zero-order valence-corrected chi connectivity index (χ0v) is 29.3. The van der Waals surface area contributed by atoms with Crippen molar-refractivity contribution in [1.29, 1.82) is 0 Å². The van der Waals surface area contributed by atoms with Crippen molar-refractivity contribution in [1.82, 2.24) is 0 Å². The monoisotopic (exact) mass is 682 g/mol. The number of benzene rings is 4. The number of epoxide rings is 2. The molecule has 266 valence electrons. The van der Waals surface area contributed by atoms with Crippen LogP contribution in [0.4, 0.5) is 0 Å². The Bertz CT molecular complexity index is 1410. The second kappa shape index (κ2) is 19.0. The van der Waals surface area contributed by atoms with E-state index in [1.54, 1.807) is 0 Å². The van der Waals surface area contributed by atoms with Gasteiger partial charge >= 0.3 is 0 Å². The summed E-state index contributed by atoms with van der Waals surface area (Å²) in [6, 6.07) is 33.5. The second-order valence-corrected chi connectivity index (χ2v) is 12.6. The summed E-state index contributed by atoms with van der Waals surface area (Å²) < 4.78 is 45.6. The summed E-state index contributed by atoms with van der Waals surface area (Å²) >= 11 is 0. The van der Waals surface area contributed by atoms with E-state index in [1.807, 2.05) is 24.3 Å². The highest BCUT2D eigenvalue weighted by molar-refractivity contribution is 5.65. The van der Waals surface area contributed by atoms with Crippen molar-refractivity contribution in [2.75, 3.05) is 66.1 Å². The molecule has 2 fully saturated rings. The number of ether oxygens (including phenoxy) is 8. The van der Waals surface area contributed by atoms with Gasteiger partial charge in [0.15, 0.2) is 0 Å². The fourth-order valence-electron chi connectivity index (χ4n) is 5.70. The van der Waals surface area contributed by atoms with Gasteiger partial charge in [0.1, 0.15) is 36.9 Å². The molecule has 2 heterocycles. The Labute approximate surface area is 296 Å². The molecule has 0 N–H and O–H groups in total. The maximum absolute atomic E-state index is 6.02. The Balaban J connectivity index is 0.801. The molecule has 4 aromatic carbocycles. The largest absolute Gasteiger partial charge is 0.491 e. The first-order chi connectivity index (χ1) is 24.7. The molecule has 0 bridgehead atoms. The van der Waals surface area contributed by atoms with E-state index < -0.39 is 0 Å². The van der Waals surface area contributed by atoms with E-state index in [-0.39, 0.29) is 24.4 Å². The van der Waals surface area contributed by atoms with Crippen LogP contribution in [0.1, 0.15) is 50.0 Å². The van der Waals surface area contributed by atoms with E-state index in [1.165, 1.54) is 11.1 Å². The van der Waals surface area contributed by atoms with Crippen LogP contribution in [0.3, 0.4) is 0 Å². The van der Waals surface area contributed by atoms with Crippen LogP contribution in [-0.4, -0.2) is 78.3 Å². The van der Waals surface area contributed by atoms with Crippen molar-refractivity contribution in [3.8, 4) is 33.8 Å². The molecule has 8 nitrogen and oxygen atoms in total. The third kappa shape index (κ3) is 11.4. The molecule has 0 aromatic heterocycles. The van der Waals surface area contributed by atoms with Crippen LogP contribution in [0, 0.1) is 0 Å². The quantitative estimate of drug-likeness (QED) is 0.0572. The van der Waals surface area contributed by atoms with Crippen molar-refractivity contribution in [2.45, 2.75) is 51.1 Å². The van der Waals surface area contributed by atoms with Gasteiger partial charge in [0, 0.05) is 0 Å². The molecule has 4 atom stereocenters. The van der Waals surface area contributed by atoms with E-state index in [0.717, 1.165) is 59.8 Å². The lowest BCUT2D eigenvalue weighted by Gasteiger charge is -2.16. The fourth-order valence-corrected chi connectivity index (χ4v) is 5.70. The van der Waals surface area contributed by atoms with Gasteiger partial charge in [0.2, 0.25) is 0 Å². The highest BCUT2D eigenvalue weighted by Crippen LogP contribution is 2.29.